The number of carbonyl (C=O) groups excluding carboxylic acids is 1. The normalized spacial score (nSPS) is 12.6. The third-order valence-electron chi connectivity index (χ3n) is 2.71. The van der Waals surface area contributed by atoms with E-state index < -0.39 is 0 Å². The summed E-state index contributed by atoms with van der Waals surface area (Å²) in [6, 6.07) is 5.71. The van der Waals surface area contributed by atoms with Crippen molar-refractivity contribution in [2.24, 2.45) is 5.92 Å². The first-order chi connectivity index (χ1) is 8.49. The van der Waals surface area contributed by atoms with Gasteiger partial charge in [-0.3, -0.25) is 4.79 Å². The average molecular weight is 398 g/mol. The fourth-order valence-corrected chi connectivity index (χ4v) is 3.32. The van der Waals surface area contributed by atoms with Gasteiger partial charge in [-0.25, -0.2) is 0 Å². The van der Waals surface area contributed by atoms with Crippen molar-refractivity contribution in [2.75, 3.05) is 10.7 Å². The molecule has 1 unspecified atom stereocenters. The van der Waals surface area contributed by atoms with Crippen LogP contribution in [-0.2, 0) is 0 Å². The van der Waals surface area contributed by atoms with E-state index in [1.54, 1.807) is 17.8 Å². The van der Waals surface area contributed by atoms with Gasteiger partial charge in [-0.05, 0) is 30.4 Å². The molecule has 0 radical (unpaired) electrons. The van der Waals surface area contributed by atoms with Gasteiger partial charge in [0.1, 0.15) is 0 Å². The molecule has 1 amide bonds. The van der Waals surface area contributed by atoms with Crippen LogP contribution in [0, 0.1) is 5.92 Å². The van der Waals surface area contributed by atoms with Gasteiger partial charge in [0.05, 0.1) is 10.6 Å². The van der Waals surface area contributed by atoms with Crippen molar-refractivity contribution in [1.82, 2.24) is 5.32 Å². The van der Waals surface area contributed by atoms with E-state index in [4.69, 9.17) is 11.6 Å². The highest BCUT2D eigenvalue weighted by atomic mass is 127. The Morgan fingerprint density at radius 2 is 2.17 bits per heavy atom. The molecule has 0 aliphatic heterocycles. The Morgan fingerprint density at radius 3 is 2.67 bits per heavy atom. The molecule has 0 aliphatic carbocycles. The van der Waals surface area contributed by atoms with Crippen LogP contribution >= 0.6 is 46.0 Å². The van der Waals surface area contributed by atoms with Crippen LogP contribution in [0.25, 0.3) is 0 Å². The van der Waals surface area contributed by atoms with E-state index in [-0.39, 0.29) is 11.9 Å². The van der Waals surface area contributed by atoms with E-state index in [2.05, 4.69) is 41.8 Å². The van der Waals surface area contributed by atoms with Gasteiger partial charge in [0.15, 0.2) is 0 Å². The minimum atomic E-state index is -0.0914. The summed E-state index contributed by atoms with van der Waals surface area (Å²) in [5.41, 5.74) is 0.555. The Hall–Kier alpha value is 0.0600. The van der Waals surface area contributed by atoms with Crippen molar-refractivity contribution in [3.8, 4) is 0 Å². The summed E-state index contributed by atoms with van der Waals surface area (Å²) in [6.07, 6.45) is 1.98. The van der Waals surface area contributed by atoms with Crippen molar-refractivity contribution in [3.05, 3.63) is 28.8 Å². The molecule has 0 aromatic heterocycles. The zero-order valence-corrected chi connectivity index (χ0v) is 14.4. The summed E-state index contributed by atoms with van der Waals surface area (Å²) in [6.45, 7) is 4.20. The van der Waals surface area contributed by atoms with Crippen LogP contribution in [0.15, 0.2) is 23.1 Å². The Kier molecular flexibility index (Phi) is 6.81. The maximum absolute atomic E-state index is 12.2. The van der Waals surface area contributed by atoms with Crippen LogP contribution in [0.3, 0.4) is 0 Å². The maximum Gasteiger partial charge on any atom is 0.253 e. The number of amides is 1. The number of thioether (sulfide) groups is 1. The van der Waals surface area contributed by atoms with Crippen molar-refractivity contribution in [3.63, 3.8) is 0 Å². The highest BCUT2D eigenvalue weighted by Gasteiger charge is 2.18. The number of halogens is 2. The molecule has 1 rings (SSSR count). The molecule has 18 heavy (non-hydrogen) atoms. The number of benzene rings is 1. The number of alkyl halides is 1. The zero-order chi connectivity index (χ0) is 13.7. The Bertz CT molecular complexity index is 425. The molecule has 0 saturated heterocycles. The van der Waals surface area contributed by atoms with E-state index in [1.807, 2.05) is 18.4 Å². The largest absolute Gasteiger partial charge is 0.348 e. The van der Waals surface area contributed by atoms with E-state index in [9.17, 15) is 4.79 Å². The number of hydrogen-bond acceptors (Lipinski definition) is 2. The number of rotatable bonds is 5. The zero-order valence-electron chi connectivity index (χ0n) is 10.7. The van der Waals surface area contributed by atoms with E-state index >= 15 is 0 Å². The van der Waals surface area contributed by atoms with E-state index in [0.717, 1.165) is 9.32 Å². The SMILES string of the molecule is CSc1ccc(Cl)c(C(=O)NC(CI)C(C)C)c1. The van der Waals surface area contributed by atoms with Crippen molar-refractivity contribution in [1.29, 1.82) is 0 Å². The van der Waals surface area contributed by atoms with Crippen LogP contribution in [-0.4, -0.2) is 22.6 Å². The summed E-state index contributed by atoms with van der Waals surface area (Å²) in [4.78, 5) is 13.2. The summed E-state index contributed by atoms with van der Waals surface area (Å²) in [5, 5.41) is 3.54. The van der Waals surface area contributed by atoms with E-state index in [0.29, 0.717) is 16.5 Å². The van der Waals surface area contributed by atoms with Crippen LogP contribution in [0.1, 0.15) is 24.2 Å². The Labute approximate surface area is 131 Å². The minimum absolute atomic E-state index is 0.0914. The van der Waals surface area contributed by atoms with Crippen molar-refractivity contribution in [2.45, 2.75) is 24.8 Å². The van der Waals surface area contributed by atoms with Gasteiger partial charge >= 0.3 is 0 Å². The van der Waals surface area contributed by atoms with Gasteiger partial charge in [-0.1, -0.05) is 48.0 Å². The Balaban J connectivity index is 2.89. The summed E-state index contributed by atoms with van der Waals surface area (Å²) in [7, 11) is 0. The topological polar surface area (TPSA) is 29.1 Å². The summed E-state index contributed by atoms with van der Waals surface area (Å²) < 4.78 is 0.890. The third kappa shape index (κ3) is 4.31. The lowest BCUT2D eigenvalue weighted by atomic mass is 10.1. The molecular weight excluding hydrogens is 381 g/mol. The molecule has 2 nitrogen and oxygen atoms in total. The van der Waals surface area contributed by atoms with Crippen molar-refractivity contribution < 1.29 is 4.79 Å². The molecule has 1 aromatic carbocycles. The quantitative estimate of drug-likeness (QED) is 0.457. The number of carbonyl (C=O) groups is 1. The van der Waals surface area contributed by atoms with E-state index in [1.165, 1.54) is 0 Å². The fourth-order valence-electron chi connectivity index (χ4n) is 1.43. The molecule has 0 saturated carbocycles. The average Bonchev–Trinajstić information content (AvgIpc) is 2.35. The second-order valence-electron chi connectivity index (χ2n) is 4.32. The fraction of sp³-hybridized carbons (Fsp3) is 0.462. The third-order valence-corrected chi connectivity index (χ3v) is 4.71. The van der Waals surface area contributed by atoms with Crippen LogP contribution in [0.2, 0.25) is 5.02 Å². The molecule has 5 heteroatoms. The molecular formula is C13H17ClINOS. The molecule has 0 fully saturated rings. The number of hydrogen-bond donors (Lipinski definition) is 1. The molecule has 0 spiro atoms. The van der Waals surface area contributed by atoms with Gasteiger partial charge in [0.25, 0.3) is 5.91 Å². The highest BCUT2D eigenvalue weighted by Crippen LogP contribution is 2.23. The summed E-state index contributed by atoms with van der Waals surface area (Å²) >= 11 is 9.97. The Morgan fingerprint density at radius 1 is 1.50 bits per heavy atom. The molecule has 1 atom stereocenters. The lowest BCUT2D eigenvalue weighted by molar-refractivity contribution is 0.0932. The lowest BCUT2D eigenvalue weighted by Crippen LogP contribution is -2.39. The van der Waals surface area contributed by atoms with Crippen LogP contribution in [0.5, 0.6) is 0 Å². The minimum Gasteiger partial charge on any atom is -0.348 e. The van der Waals surface area contributed by atoms with Crippen LogP contribution in [0.4, 0.5) is 0 Å². The number of nitrogens with one attached hydrogen (secondary N) is 1. The molecule has 0 aliphatic rings. The first-order valence-corrected chi connectivity index (χ1v) is 8.82. The maximum atomic E-state index is 12.2. The highest BCUT2D eigenvalue weighted by molar-refractivity contribution is 14.1. The van der Waals surface area contributed by atoms with Gasteiger partial charge < -0.3 is 5.32 Å². The first kappa shape index (κ1) is 16.1. The molecule has 1 aromatic rings. The second kappa shape index (κ2) is 7.60. The molecule has 100 valence electrons. The molecule has 0 heterocycles. The summed E-state index contributed by atoms with van der Waals surface area (Å²) in [5.74, 6) is 0.319. The van der Waals surface area contributed by atoms with Crippen LogP contribution < -0.4 is 5.32 Å². The monoisotopic (exact) mass is 397 g/mol. The first-order valence-electron chi connectivity index (χ1n) is 5.70. The van der Waals surface area contributed by atoms with Gasteiger partial charge in [0.2, 0.25) is 0 Å². The standard InChI is InChI=1S/C13H17ClINOS/c1-8(2)12(7-15)16-13(17)10-6-9(18-3)4-5-11(10)14/h4-6,8,12H,7H2,1-3H3,(H,16,17). The second-order valence-corrected chi connectivity index (χ2v) is 6.49. The van der Waals surface area contributed by atoms with Gasteiger partial charge in [-0.2, -0.15) is 0 Å². The lowest BCUT2D eigenvalue weighted by Gasteiger charge is -2.20. The molecule has 0 bridgehead atoms. The molecule has 1 N–H and O–H groups in total. The smallest absolute Gasteiger partial charge is 0.253 e. The van der Waals surface area contributed by atoms with Gasteiger partial charge in [0, 0.05) is 15.4 Å². The predicted octanol–water partition coefficient (Wildman–Crippen LogP) is 4.25. The predicted molar refractivity (Wildman–Crippen MR) is 88.2 cm³/mol. The van der Waals surface area contributed by atoms with Gasteiger partial charge in [-0.15, -0.1) is 11.8 Å². The van der Waals surface area contributed by atoms with Crippen molar-refractivity contribution >= 4 is 51.9 Å².